The Bertz CT molecular complexity index is 1030. The Hall–Kier alpha value is -2.73. The number of rotatable bonds is 4. The summed E-state index contributed by atoms with van der Waals surface area (Å²) < 4.78 is 5.48. The molecule has 1 atom stereocenters. The topological polar surface area (TPSA) is 72.1 Å². The Labute approximate surface area is 174 Å². The average Bonchev–Trinajstić information content (AvgIpc) is 3.14. The number of carbonyl (C=O) groups excluding carboxylic acids is 1. The minimum absolute atomic E-state index is 0.0768. The van der Waals surface area contributed by atoms with Crippen LogP contribution in [0.5, 0.6) is 0 Å². The summed E-state index contributed by atoms with van der Waals surface area (Å²) in [6, 6.07) is 9.22. The van der Waals surface area contributed by atoms with Gasteiger partial charge in [-0.1, -0.05) is 28.9 Å². The number of nitrogens with zero attached hydrogens (tertiary/aromatic N) is 4. The number of hydrogen-bond acceptors (Lipinski definition) is 5. The van der Waals surface area contributed by atoms with Crippen LogP contribution in [0.3, 0.4) is 0 Å². The van der Waals surface area contributed by atoms with Gasteiger partial charge in [-0.3, -0.25) is 4.79 Å². The first-order chi connectivity index (χ1) is 14.0. The molecule has 1 aromatic carbocycles. The zero-order valence-electron chi connectivity index (χ0n) is 16.6. The summed E-state index contributed by atoms with van der Waals surface area (Å²) >= 11 is 6.09. The highest BCUT2D eigenvalue weighted by molar-refractivity contribution is 6.30. The van der Waals surface area contributed by atoms with Crippen molar-refractivity contribution in [1.82, 2.24) is 20.0 Å². The zero-order valence-corrected chi connectivity index (χ0v) is 17.3. The molecule has 0 saturated carbocycles. The molecule has 2 aromatic heterocycles. The van der Waals surface area contributed by atoms with Crippen molar-refractivity contribution in [2.45, 2.75) is 45.6 Å². The molecule has 0 radical (unpaired) electrons. The molecular formula is C22H23ClN4O2. The van der Waals surface area contributed by atoms with E-state index >= 15 is 0 Å². The molecule has 0 bridgehead atoms. The van der Waals surface area contributed by atoms with Crippen molar-refractivity contribution in [1.29, 1.82) is 0 Å². The summed E-state index contributed by atoms with van der Waals surface area (Å²) in [7, 11) is 0. The zero-order chi connectivity index (χ0) is 20.4. The molecule has 150 valence electrons. The Morgan fingerprint density at radius 2 is 2.14 bits per heavy atom. The largest absolute Gasteiger partial charge is 0.356 e. The summed E-state index contributed by atoms with van der Waals surface area (Å²) in [4.78, 5) is 24.2. The van der Waals surface area contributed by atoms with Crippen LogP contribution >= 0.6 is 11.6 Å². The number of piperidine rings is 1. The number of aromatic nitrogens is 3. The molecule has 1 amide bonds. The summed E-state index contributed by atoms with van der Waals surface area (Å²) in [6.07, 6.45) is 4.98. The van der Waals surface area contributed by atoms with E-state index in [1.807, 2.05) is 49.1 Å². The van der Waals surface area contributed by atoms with Crippen LogP contribution in [-0.4, -0.2) is 32.5 Å². The second-order valence-electron chi connectivity index (χ2n) is 7.45. The van der Waals surface area contributed by atoms with Crippen LogP contribution in [0.25, 0.3) is 11.3 Å². The van der Waals surface area contributed by atoms with E-state index in [0.29, 0.717) is 29.6 Å². The maximum absolute atomic E-state index is 13.2. The standard InChI is InChI=1S/C22H23ClN4O2/c1-14-10-20(29-26-14)18-13-24-15(2)25-22(18)19-8-3-4-9-27(19)21(28)12-16-6-5-7-17(23)11-16/h5-7,10-11,13,19H,3-4,8-9,12H2,1-2H3. The maximum Gasteiger partial charge on any atom is 0.227 e. The summed E-state index contributed by atoms with van der Waals surface area (Å²) in [5, 5.41) is 4.64. The lowest BCUT2D eigenvalue weighted by molar-refractivity contribution is -0.134. The molecule has 1 saturated heterocycles. The summed E-state index contributed by atoms with van der Waals surface area (Å²) in [5.41, 5.74) is 3.33. The van der Waals surface area contributed by atoms with Gasteiger partial charge < -0.3 is 9.42 Å². The molecule has 1 aliphatic heterocycles. The average molecular weight is 411 g/mol. The van der Waals surface area contributed by atoms with Crippen molar-refractivity contribution >= 4 is 17.5 Å². The molecule has 0 spiro atoms. The normalized spacial score (nSPS) is 16.8. The Balaban J connectivity index is 1.67. The van der Waals surface area contributed by atoms with Crippen LogP contribution in [0, 0.1) is 13.8 Å². The fourth-order valence-corrected chi connectivity index (χ4v) is 4.07. The van der Waals surface area contributed by atoms with Crippen molar-refractivity contribution < 1.29 is 9.32 Å². The number of halogens is 1. The van der Waals surface area contributed by atoms with E-state index in [9.17, 15) is 4.79 Å². The number of aryl methyl sites for hydroxylation is 2. The van der Waals surface area contributed by atoms with E-state index in [-0.39, 0.29) is 11.9 Å². The van der Waals surface area contributed by atoms with Crippen molar-refractivity contribution in [3.8, 4) is 11.3 Å². The Morgan fingerprint density at radius 1 is 1.28 bits per heavy atom. The monoisotopic (exact) mass is 410 g/mol. The van der Waals surface area contributed by atoms with Gasteiger partial charge in [-0.15, -0.1) is 0 Å². The molecule has 4 rings (SSSR count). The Kier molecular flexibility index (Phi) is 5.62. The molecule has 1 unspecified atom stereocenters. The van der Waals surface area contributed by atoms with Gasteiger partial charge in [-0.2, -0.15) is 0 Å². The van der Waals surface area contributed by atoms with Gasteiger partial charge in [0.1, 0.15) is 5.82 Å². The molecule has 0 N–H and O–H groups in total. The lowest BCUT2D eigenvalue weighted by atomic mass is 9.94. The quantitative estimate of drug-likeness (QED) is 0.623. The number of likely N-dealkylation sites (tertiary alicyclic amines) is 1. The van der Waals surface area contributed by atoms with E-state index in [4.69, 9.17) is 21.1 Å². The van der Waals surface area contributed by atoms with Crippen molar-refractivity contribution in [3.63, 3.8) is 0 Å². The highest BCUT2D eigenvalue weighted by Gasteiger charge is 2.32. The Morgan fingerprint density at radius 3 is 2.90 bits per heavy atom. The first-order valence-electron chi connectivity index (χ1n) is 9.82. The predicted octanol–water partition coefficient (Wildman–Crippen LogP) is 4.70. The van der Waals surface area contributed by atoms with Crippen molar-refractivity contribution in [3.05, 3.63) is 64.3 Å². The SMILES string of the molecule is Cc1cc(-c2cnc(C)nc2C2CCCCN2C(=O)Cc2cccc(Cl)c2)on1. The molecule has 1 fully saturated rings. The molecule has 1 aliphatic rings. The maximum atomic E-state index is 13.2. The number of amides is 1. The second kappa shape index (κ2) is 8.33. The first-order valence-corrected chi connectivity index (χ1v) is 10.2. The fraction of sp³-hybridized carbons (Fsp3) is 0.364. The smallest absolute Gasteiger partial charge is 0.227 e. The lowest BCUT2D eigenvalue weighted by Crippen LogP contribution is -2.40. The predicted molar refractivity (Wildman–Crippen MR) is 110 cm³/mol. The van der Waals surface area contributed by atoms with E-state index < -0.39 is 0 Å². The van der Waals surface area contributed by atoms with Crippen LogP contribution in [0.4, 0.5) is 0 Å². The molecular weight excluding hydrogens is 388 g/mol. The summed E-state index contributed by atoms with van der Waals surface area (Å²) in [5.74, 6) is 1.38. The van der Waals surface area contributed by atoms with E-state index in [1.54, 1.807) is 6.20 Å². The van der Waals surface area contributed by atoms with Crippen LogP contribution in [0.1, 0.15) is 48.1 Å². The third kappa shape index (κ3) is 4.32. The molecule has 0 aliphatic carbocycles. The van der Waals surface area contributed by atoms with Gasteiger partial charge in [0.2, 0.25) is 5.91 Å². The summed E-state index contributed by atoms with van der Waals surface area (Å²) in [6.45, 7) is 4.45. The van der Waals surface area contributed by atoms with Gasteiger partial charge in [-0.05, 0) is 50.8 Å². The van der Waals surface area contributed by atoms with E-state index in [0.717, 1.165) is 41.8 Å². The second-order valence-corrected chi connectivity index (χ2v) is 7.89. The van der Waals surface area contributed by atoms with Crippen LogP contribution in [0.2, 0.25) is 5.02 Å². The molecule has 29 heavy (non-hydrogen) atoms. The van der Waals surface area contributed by atoms with Gasteiger partial charge in [0.25, 0.3) is 0 Å². The first kappa shape index (κ1) is 19.6. The van der Waals surface area contributed by atoms with E-state index in [2.05, 4.69) is 10.1 Å². The van der Waals surface area contributed by atoms with Gasteiger partial charge in [0.05, 0.1) is 29.4 Å². The van der Waals surface area contributed by atoms with Crippen molar-refractivity contribution in [2.75, 3.05) is 6.54 Å². The number of benzene rings is 1. The van der Waals surface area contributed by atoms with E-state index in [1.165, 1.54) is 0 Å². The number of carbonyl (C=O) groups is 1. The van der Waals surface area contributed by atoms with Crippen LogP contribution < -0.4 is 0 Å². The molecule has 6 nitrogen and oxygen atoms in total. The van der Waals surface area contributed by atoms with Gasteiger partial charge in [-0.25, -0.2) is 9.97 Å². The third-order valence-electron chi connectivity index (χ3n) is 5.22. The van der Waals surface area contributed by atoms with Crippen molar-refractivity contribution in [2.24, 2.45) is 0 Å². The fourth-order valence-electron chi connectivity index (χ4n) is 3.86. The number of hydrogen-bond donors (Lipinski definition) is 0. The van der Waals surface area contributed by atoms with Gasteiger partial charge in [0, 0.05) is 23.8 Å². The minimum atomic E-state index is -0.113. The lowest BCUT2D eigenvalue weighted by Gasteiger charge is -2.36. The molecule has 3 aromatic rings. The van der Waals surface area contributed by atoms with Gasteiger partial charge in [0.15, 0.2) is 5.76 Å². The molecule has 7 heteroatoms. The van der Waals surface area contributed by atoms with Crippen LogP contribution in [0.15, 0.2) is 41.1 Å². The van der Waals surface area contributed by atoms with Crippen LogP contribution in [-0.2, 0) is 11.2 Å². The third-order valence-corrected chi connectivity index (χ3v) is 5.45. The molecule has 3 heterocycles. The highest BCUT2D eigenvalue weighted by Crippen LogP contribution is 2.36. The minimum Gasteiger partial charge on any atom is -0.356 e. The van der Waals surface area contributed by atoms with Gasteiger partial charge >= 0.3 is 0 Å². The highest BCUT2D eigenvalue weighted by atomic mass is 35.5.